The van der Waals surface area contributed by atoms with E-state index in [-0.39, 0.29) is 10.9 Å². The first-order chi connectivity index (χ1) is 13.9. The van der Waals surface area contributed by atoms with E-state index in [9.17, 15) is 9.90 Å². The van der Waals surface area contributed by atoms with Crippen molar-refractivity contribution in [1.82, 2.24) is 4.90 Å². The zero-order valence-electron chi connectivity index (χ0n) is 19.2. The summed E-state index contributed by atoms with van der Waals surface area (Å²) in [5, 5.41) is 11.5. The number of fused-ring (bicyclic) bond motifs is 3. The Labute approximate surface area is 180 Å². The van der Waals surface area contributed by atoms with Crippen LogP contribution in [0.2, 0.25) is 18.1 Å². The van der Waals surface area contributed by atoms with Crippen LogP contribution in [0, 0.1) is 0 Å². The molecule has 1 amide bonds. The summed E-state index contributed by atoms with van der Waals surface area (Å²) >= 11 is 0. The summed E-state index contributed by atoms with van der Waals surface area (Å²) in [6, 6.07) is 3.85. The van der Waals surface area contributed by atoms with Crippen molar-refractivity contribution in [1.29, 1.82) is 0 Å². The van der Waals surface area contributed by atoms with Gasteiger partial charge >= 0.3 is 0 Å². The maximum atomic E-state index is 13.5. The Hall–Kier alpha value is -1.83. The van der Waals surface area contributed by atoms with Crippen LogP contribution in [-0.2, 0) is 21.2 Å². The maximum Gasteiger partial charge on any atom is 0.254 e. The molecule has 0 bridgehead atoms. The number of ether oxygens (including phenoxy) is 2. The third kappa shape index (κ3) is 3.27. The maximum absolute atomic E-state index is 13.5. The highest BCUT2D eigenvalue weighted by molar-refractivity contribution is 6.74. The lowest BCUT2D eigenvalue weighted by molar-refractivity contribution is -0.137. The average molecular weight is 434 g/mol. The minimum Gasteiger partial charge on any atom is -0.493 e. The lowest BCUT2D eigenvalue weighted by Crippen LogP contribution is -2.53. The molecule has 0 spiro atoms. The largest absolute Gasteiger partial charge is 0.493 e. The summed E-state index contributed by atoms with van der Waals surface area (Å²) < 4.78 is 17.5. The van der Waals surface area contributed by atoms with Gasteiger partial charge in [-0.05, 0) is 54.2 Å². The Bertz CT molecular complexity index is 847. The van der Waals surface area contributed by atoms with Crippen LogP contribution in [0.4, 0.5) is 0 Å². The van der Waals surface area contributed by atoms with Gasteiger partial charge in [0.2, 0.25) is 0 Å². The quantitative estimate of drug-likeness (QED) is 0.548. The molecule has 2 heterocycles. The number of hydrogen-bond acceptors (Lipinski definition) is 5. The van der Waals surface area contributed by atoms with Gasteiger partial charge in [0.05, 0.1) is 14.2 Å². The Morgan fingerprint density at radius 1 is 1.27 bits per heavy atom. The number of rotatable bonds is 6. The van der Waals surface area contributed by atoms with Crippen LogP contribution in [-0.4, -0.2) is 57.2 Å². The van der Waals surface area contributed by atoms with Crippen LogP contribution >= 0.6 is 0 Å². The van der Waals surface area contributed by atoms with Crippen LogP contribution in [0.1, 0.15) is 38.3 Å². The third-order valence-electron chi connectivity index (χ3n) is 7.13. The second-order valence-electron chi connectivity index (χ2n) is 9.76. The van der Waals surface area contributed by atoms with Gasteiger partial charge in [-0.1, -0.05) is 26.8 Å². The molecule has 3 rings (SSSR count). The fraction of sp³-hybridized carbons (Fsp3) is 0.609. The van der Waals surface area contributed by atoms with E-state index in [1.165, 1.54) is 0 Å². The summed E-state index contributed by atoms with van der Waals surface area (Å²) in [7, 11) is 0.919. The van der Waals surface area contributed by atoms with Crippen molar-refractivity contribution in [3.63, 3.8) is 0 Å². The van der Waals surface area contributed by atoms with E-state index in [4.69, 9.17) is 13.9 Å². The minimum atomic E-state index is -2.28. The van der Waals surface area contributed by atoms with E-state index in [2.05, 4.69) is 40.4 Å². The van der Waals surface area contributed by atoms with Gasteiger partial charge in [0.15, 0.2) is 25.9 Å². The van der Waals surface area contributed by atoms with E-state index >= 15 is 0 Å². The molecular formula is C23H35NO5Si. The highest BCUT2D eigenvalue weighted by atomic mass is 28.4. The molecule has 2 aliphatic heterocycles. The molecule has 1 aromatic carbocycles. The Morgan fingerprint density at radius 3 is 2.40 bits per heavy atom. The van der Waals surface area contributed by atoms with Gasteiger partial charge in [0.25, 0.3) is 5.91 Å². The molecule has 0 aliphatic carbocycles. The summed E-state index contributed by atoms with van der Waals surface area (Å²) in [6.07, 6.45) is 0.989. The average Bonchev–Trinajstić information content (AvgIpc) is 2.88. The first-order valence-corrected chi connectivity index (χ1v) is 13.4. The zero-order chi connectivity index (χ0) is 22.5. The highest BCUT2D eigenvalue weighted by Gasteiger charge is 2.62. The number of aliphatic hydroxyl groups excluding tert-OH is 1. The third-order valence-corrected chi connectivity index (χ3v) is 11.6. The van der Waals surface area contributed by atoms with E-state index in [1.807, 2.05) is 12.1 Å². The van der Waals surface area contributed by atoms with Crippen LogP contribution in [0.3, 0.4) is 0 Å². The second-order valence-corrected chi connectivity index (χ2v) is 14.5. The molecule has 1 saturated heterocycles. The zero-order valence-corrected chi connectivity index (χ0v) is 20.2. The van der Waals surface area contributed by atoms with Crippen LogP contribution in [0.5, 0.6) is 11.5 Å². The molecule has 1 N–H and O–H groups in total. The molecule has 0 unspecified atom stereocenters. The van der Waals surface area contributed by atoms with E-state index in [0.717, 1.165) is 11.1 Å². The van der Waals surface area contributed by atoms with Crippen LogP contribution < -0.4 is 9.47 Å². The molecule has 1 fully saturated rings. The highest BCUT2D eigenvalue weighted by Crippen LogP contribution is 2.51. The number of amides is 1. The van der Waals surface area contributed by atoms with Gasteiger partial charge in [-0.2, -0.15) is 0 Å². The van der Waals surface area contributed by atoms with Gasteiger partial charge in [0.1, 0.15) is 11.6 Å². The SMILES string of the molecule is C=CC[C@@]12c3cc(OC)c(OC)cc3CCN1C(=O)[C@H](O[Si](C)(C)C(C)(C)C)[C@H]2O. The predicted molar refractivity (Wildman–Crippen MR) is 120 cm³/mol. The molecular weight excluding hydrogens is 398 g/mol. The Morgan fingerprint density at radius 2 is 1.87 bits per heavy atom. The van der Waals surface area contributed by atoms with Crippen molar-refractivity contribution >= 4 is 14.2 Å². The molecule has 30 heavy (non-hydrogen) atoms. The van der Waals surface area contributed by atoms with Crippen LogP contribution in [0.15, 0.2) is 24.8 Å². The molecule has 1 aromatic rings. The van der Waals surface area contributed by atoms with Gasteiger partial charge in [0, 0.05) is 6.54 Å². The van der Waals surface area contributed by atoms with Crippen molar-refractivity contribution in [3.05, 3.63) is 35.9 Å². The number of carbonyl (C=O) groups is 1. The predicted octanol–water partition coefficient (Wildman–Crippen LogP) is 3.62. The topological polar surface area (TPSA) is 68.2 Å². The molecule has 6 nitrogen and oxygen atoms in total. The summed E-state index contributed by atoms with van der Waals surface area (Å²) in [5.41, 5.74) is 1.01. The van der Waals surface area contributed by atoms with Gasteiger partial charge in [-0.3, -0.25) is 4.79 Å². The summed E-state index contributed by atoms with van der Waals surface area (Å²) in [5.74, 6) is 1.08. The molecule has 0 aromatic heterocycles. The number of carbonyl (C=O) groups excluding carboxylic acids is 1. The number of benzene rings is 1. The fourth-order valence-corrected chi connectivity index (χ4v) is 5.66. The van der Waals surface area contributed by atoms with Crippen molar-refractivity contribution < 1.29 is 23.8 Å². The number of methoxy groups -OCH3 is 2. The first-order valence-electron chi connectivity index (χ1n) is 10.5. The van der Waals surface area contributed by atoms with Gasteiger partial charge in [-0.15, -0.1) is 6.58 Å². The summed E-state index contributed by atoms with van der Waals surface area (Å²) in [4.78, 5) is 15.3. The fourth-order valence-electron chi connectivity index (χ4n) is 4.44. The molecule has 3 atom stereocenters. The van der Waals surface area contributed by atoms with Crippen molar-refractivity contribution in [2.24, 2.45) is 0 Å². The lowest BCUT2D eigenvalue weighted by Gasteiger charge is -2.45. The normalized spacial score (nSPS) is 26.3. The van der Waals surface area contributed by atoms with Gasteiger partial charge in [-0.25, -0.2) is 0 Å². The van der Waals surface area contributed by atoms with Crippen molar-refractivity contribution in [2.75, 3.05) is 20.8 Å². The van der Waals surface area contributed by atoms with E-state index < -0.39 is 26.1 Å². The van der Waals surface area contributed by atoms with Crippen molar-refractivity contribution in [2.45, 2.75) is 69.5 Å². The monoisotopic (exact) mass is 433 g/mol. The van der Waals surface area contributed by atoms with E-state index in [1.54, 1.807) is 25.2 Å². The molecule has 0 radical (unpaired) electrons. The first kappa shape index (κ1) is 22.8. The number of nitrogens with zero attached hydrogens (tertiary/aromatic N) is 1. The lowest BCUT2D eigenvalue weighted by atomic mass is 9.76. The molecule has 7 heteroatoms. The Kier molecular flexibility index (Phi) is 5.86. The molecule has 2 aliphatic rings. The summed E-state index contributed by atoms with van der Waals surface area (Å²) in [6.45, 7) is 15.0. The van der Waals surface area contributed by atoms with E-state index in [0.29, 0.717) is 30.9 Å². The minimum absolute atomic E-state index is 0.0732. The van der Waals surface area contributed by atoms with Crippen molar-refractivity contribution in [3.8, 4) is 11.5 Å². The van der Waals surface area contributed by atoms with Gasteiger partial charge < -0.3 is 23.9 Å². The smallest absolute Gasteiger partial charge is 0.254 e. The second kappa shape index (κ2) is 7.69. The Balaban J connectivity index is 2.14. The van der Waals surface area contributed by atoms with Crippen LogP contribution in [0.25, 0.3) is 0 Å². The standard InChI is InChI=1S/C23H35NO5Si/c1-9-11-23-16-14-18(28-6)17(27-5)13-15(16)10-12-24(23)21(26)19(20(23)25)29-30(7,8)22(2,3)4/h9,13-14,19-20,25H,1,10-12H2,2-8H3/t19-,20-,23+/m1/s1. The number of hydrogen-bond donors (Lipinski definition) is 1. The molecule has 0 saturated carbocycles. The number of aliphatic hydroxyl groups is 1. The molecule has 166 valence electrons.